The van der Waals surface area contributed by atoms with E-state index in [0.29, 0.717) is 5.92 Å². The second-order valence-corrected chi connectivity index (χ2v) is 4.99. The van der Waals surface area contributed by atoms with Crippen molar-refractivity contribution in [3.8, 4) is 0 Å². The van der Waals surface area contributed by atoms with E-state index in [2.05, 4.69) is 26.8 Å². The maximum absolute atomic E-state index is 10.6. The summed E-state index contributed by atoms with van der Waals surface area (Å²) in [5, 5.41) is -0.408. The molecule has 0 amide bonds. The predicted molar refractivity (Wildman–Crippen MR) is 71.6 cm³/mol. The first-order valence-corrected chi connectivity index (χ1v) is 6.39. The van der Waals surface area contributed by atoms with Crippen molar-refractivity contribution in [3.63, 3.8) is 0 Å². The summed E-state index contributed by atoms with van der Waals surface area (Å²) in [6, 6.07) is 0. The molecule has 0 saturated heterocycles. The van der Waals surface area contributed by atoms with Crippen LogP contribution in [0.25, 0.3) is 0 Å². The molecule has 0 fully saturated rings. The number of hydrogen-bond donors (Lipinski definition) is 0. The molecule has 0 heterocycles. The van der Waals surface area contributed by atoms with Crippen molar-refractivity contribution in [2.24, 2.45) is 11.8 Å². The molecule has 0 aromatic carbocycles. The van der Waals surface area contributed by atoms with Crippen molar-refractivity contribution >= 4 is 16.8 Å². The Hall–Kier alpha value is -0.560. The summed E-state index contributed by atoms with van der Waals surface area (Å²) in [7, 11) is 0. The van der Waals surface area contributed by atoms with Gasteiger partial charge in [0.1, 0.15) is 0 Å². The maximum Gasteiger partial charge on any atom is 0.245 e. The Balaban J connectivity index is 3.99. The molecule has 2 heteroatoms. The highest BCUT2D eigenvalue weighted by molar-refractivity contribution is 6.66. The lowest BCUT2D eigenvalue weighted by molar-refractivity contribution is -0.107. The molecule has 16 heavy (non-hydrogen) atoms. The van der Waals surface area contributed by atoms with E-state index in [0.717, 1.165) is 11.5 Å². The Kier molecular flexibility index (Phi) is 8.28. The van der Waals surface area contributed by atoms with Crippen LogP contribution in [0.2, 0.25) is 0 Å². The van der Waals surface area contributed by atoms with Crippen molar-refractivity contribution in [2.45, 2.75) is 47.0 Å². The van der Waals surface area contributed by atoms with Gasteiger partial charge in [-0.25, -0.2) is 0 Å². The number of carbonyl (C=O) groups is 1. The zero-order valence-corrected chi connectivity index (χ0v) is 11.6. The molecule has 0 saturated carbocycles. The molecule has 0 N–H and O–H groups in total. The Morgan fingerprint density at radius 2 is 1.94 bits per heavy atom. The summed E-state index contributed by atoms with van der Waals surface area (Å²) in [6.07, 6.45) is 9.28. The molecule has 2 unspecified atom stereocenters. The van der Waals surface area contributed by atoms with E-state index in [1.165, 1.54) is 25.3 Å². The molecular weight excluding hydrogens is 220 g/mol. The molecule has 0 bridgehead atoms. The van der Waals surface area contributed by atoms with E-state index in [4.69, 9.17) is 11.6 Å². The van der Waals surface area contributed by atoms with Crippen LogP contribution in [0.15, 0.2) is 23.8 Å². The lowest BCUT2D eigenvalue weighted by atomic mass is 9.96. The topological polar surface area (TPSA) is 17.1 Å². The number of carbonyl (C=O) groups excluding carboxylic acids is 1. The van der Waals surface area contributed by atoms with Crippen LogP contribution in [-0.4, -0.2) is 5.24 Å². The molecule has 0 spiro atoms. The van der Waals surface area contributed by atoms with E-state index < -0.39 is 5.24 Å². The number of hydrogen-bond acceptors (Lipinski definition) is 1. The summed E-state index contributed by atoms with van der Waals surface area (Å²) < 4.78 is 0. The van der Waals surface area contributed by atoms with E-state index in [-0.39, 0.29) is 0 Å². The van der Waals surface area contributed by atoms with Gasteiger partial charge >= 0.3 is 0 Å². The fourth-order valence-electron chi connectivity index (χ4n) is 1.39. The number of halogens is 1. The van der Waals surface area contributed by atoms with Gasteiger partial charge in [-0.05, 0) is 42.4 Å². The van der Waals surface area contributed by atoms with Crippen LogP contribution in [0.4, 0.5) is 0 Å². The minimum atomic E-state index is -0.408. The Bertz CT molecular complexity index is 266. The molecule has 0 aromatic rings. The van der Waals surface area contributed by atoms with Gasteiger partial charge in [-0.1, -0.05) is 45.8 Å². The molecule has 0 aromatic heterocycles. The maximum atomic E-state index is 10.6. The fourth-order valence-corrected chi connectivity index (χ4v) is 1.56. The summed E-state index contributed by atoms with van der Waals surface area (Å²) in [5.41, 5.74) is 0.912. The normalized spacial score (nSPS) is 16.4. The van der Waals surface area contributed by atoms with E-state index >= 15 is 0 Å². The van der Waals surface area contributed by atoms with Crippen LogP contribution in [0.1, 0.15) is 47.0 Å². The van der Waals surface area contributed by atoms with Crippen molar-refractivity contribution < 1.29 is 4.79 Å². The van der Waals surface area contributed by atoms with Crippen LogP contribution in [0.5, 0.6) is 0 Å². The molecule has 0 radical (unpaired) electrons. The van der Waals surface area contributed by atoms with Gasteiger partial charge in [0.15, 0.2) is 0 Å². The van der Waals surface area contributed by atoms with E-state index in [1.54, 1.807) is 0 Å². The highest BCUT2D eigenvalue weighted by atomic mass is 35.5. The second kappa shape index (κ2) is 8.58. The highest BCUT2D eigenvalue weighted by Gasteiger charge is 2.02. The zero-order chi connectivity index (χ0) is 12.6. The predicted octanol–water partition coefficient (Wildman–Crippen LogP) is 4.72. The number of allylic oxidation sites excluding steroid dienone is 4. The third kappa shape index (κ3) is 8.72. The van der Waals surface area contributed by atoms with Gasteiger partial charge in [0.25, 0.3) is 0 Å². The fraction of sp³-hybridized carbons (Fsp3) is 0.643. The minimum absolute atomic E-state index is 0.408. The Morgan fingerprint density at radius 3 is 2.44 bits per heavy atom. The van der Waals surface area contributed by atoms with Gasteiger partial charge in [-0.3, -0.25) is 4.79 Å². The third-order valence-corrected chi connectivity index (χ3v) is 2.95. The Labute approximate surface area is 105 Å². The van der Waals surface area contributed by atoms with Crippen LogP contribution in [0.3, 0.4) is 0 Å². The van der Waals surface area contributed by atoms with E-state index in [9.17, 15) is 4.79 Å². The number of rotatable bonds is 7. The average molecular weight is 243 g/mol. The monoisotopic (exact) mass is 242 g/mol. The van der Waals surface area contributed by atoms with Crippen molar-refractivity contribution in [1.29, 1.82) is 0 Å². The lowest BCUT2D eigenvalue weighted by Gasteiger charge is -2.10. The van der Waals surface area contributed by atoms with Crippen LogP contribution in [-0.2, 0) is 4.79 Å². The van der Waals surface area contributed by atoms with Gasteiger partial charge in [-0.2, -0.15) is 0 Å². The first kappa shape index (κ1) is 15.4. The van der Waals surface area contributed by atoms with Gasteiger partial charge in [0.2, 0.25) is 5.24 Å². The molecule has 2 atom stereocenters. The van der Waals surface area contributed by atoms with Crippen LogP contribution < -0.4 is 0 Å². The second-order valence-electron chi connectivity index (χ2n) is 4.62. The standard InChI is InChI=1S/C14H23ClO/c1-5-11(2)6-7-12(3)8-9-13(4)10-14(15)16/h8-12H,5-7H2,1-4H3. The van der Waals surface area contributed by atoms with Gasteiger partial charge in [0.05, 0.1) is 0 Å². The first-order valence-electron chi connectivity index (χ1n) is 6.01. The molecule has 1 nitrogen and oxygen atoms in total. The molecule has 0 rings (SSSR count). The van der Waals surface area contributed by atoms with Crippen molar-refractivity contribution in [2.75, 3.05) is 0 Å². The third-order valence-electron chi connectivity index (χ3n) is 2.84. The van der Waals surface area contributed by atoms with Gasteiger partial charge in [0, 0.05) is 6.08 Å². The van der Waals surface area contributed by atoms with Crippen molar-refractivity contribution in [1.82, 2.24) is 0 Å². The quantitative estimate of drug-likeness (QED) is 0.359. The van der Waals surface area contributed by atoms with Gasteiger partial charge < -0.3 is 0 Å². The average Bonchev–Trinajstić information content (AvgIpc) is 2.22. The largest absolute Gasteiger partial charge is 0.276 e. The lowest BCUT2D eigenvalue weighted by Crippen LogP contribution is -1.97. The van der Waals surface area contributed by atoms with Gasteiger partial charge in [-0.15, -0.1) is 0 Å². The smallest absolute Gasteiger partial charge is 0.245 e. The highest BCUT2D eigenvalue weighted by Crippen LogP contribution is 2.16. The summed E-state index contributed by atoms with van der Waals surface area (Å²) in [4.78, 5) is 10.6. The zero-order valence-electron chi connectivity index (χ0n) is 10.8. The first-order chi connectivity index (χ1) is 7.45. The molecule has 0 aliphatic rings. The summed E-state index contributed by atoms with van der Waals surface area (Å²) in [5.74, 6) is 1.36. The summed E-state index contributed by atoms with van der Waals surface area (Å²) >= 11 is 5.26. The molecular formula is C14H23ClO. The van der Waals surface area contributed by atoms with Crippen molar-refractivity contribution in [3.05, 3.63) is 23.8 Å². The minimum Gasteiger partial charge on any atom is -0.276 e. The SMILES string of the molecule is CCC(C)CCC(C)C=CC(C)=CC(=O)Cl. The summed E-state index contributed by atoms with van der Waals surface area (Å²) in [6.45, 7) is 8.60. The van der Waals surface area contributed by atoms with E-state index in [1.807, 2.05) is 13.0 Å². The Morgan fingerprint density at radius 1 is 1.31 bits per heavy atom. The molecule has 92 valence electrons. The van der Waals surface area contributed by atoms with Crippen LogP contribution in [0, 0.1) is 11.8 Å². The molecule has 0 aliphatic carbocycles. The van der Waals surface area contributed by atoms with Crippen LogP contribution >= 0.6 is 11.6 Å². The molecule has 0 aliphatic heterocycles.